The summed E-state index contributed by atoms with van der Waals surface area (Å²) >= 11 is 0. The van der Waals surface area contributed by atoms with Gasteiger partial charge in [0.1, 0.15) is 67.0 Å². The molecular weight excluding hydrogens is 1710 g/mol. The Morgan fingerprint density at radius 3 is 0.586 bits per heavy atom. The Morgan fingerprint density at radius 1 is 0.136 bits per heavy atom. The molecule has 6 aromatic heterocycles. The zero-order valence-electron chi connectivity index (χ0n) is 79.6. The summed E-state index contributed by atoms with van der Waals surface area (Å²) in [5.74, 6) is 0. The van der Waals surface area contributed by atoms with Gasteiger partial charge in [0, 0.05) is 64.6 Å². The summed E-state index contributed by atoms with van der Waals surface area (Å²) in [5, 5.41) is 27.4. The van der Waals surface area contributed by atoms with E-state index in [0.29, 0.717) is 0 Å². The Kier molecular flexibility index (Phi) is 22.3. The van der Waals surface area contributed by atoms with Gasteiger partial charge in [-0.05, 0) is 338 Å². The number of hydrogen-bond donors (Lipinski definition) is 0. The summed E-state index contributed by atoms with van der Waals surface area (Å²) in [7, 11) is 0. The first-order valence-electron chi connectivity index (χ1n) is 50.6. The van der Waals surface area contributed by atoms with Crippen LogP contribution in [0.2, 0.25) is 0 Å². The minimum absolute atomic E-state index is 0.877. The minimum Gasteiger partial charge on any atom is -0.456 e. The van der Waals surface area contributed by atoms with Crippen molar-refractivity contribution in [2.24, 2.45) is 0 Å². The van der Waals surface area contributed by atoms with Crippen molar-refractivity contribution < 1.29 is 26.5 Å². The Bertz CT molecular complexity index is 8930. The third-order valence-electron chi connectivity index (χ3n) is 29.7. The van der Waals surface area contributed by atoms with Crippen LogP contribution >= 0.6 is 0 Å². The first-order valence-corrected chi connectivity index (χ1v) is 50.6. The molecule has 6 heteroatoms. The lowest BCUT2D eigenvalue weighted by Gasteiger charge is -2.08. The maximum absolute atomic E-state index is 6.57. The monoisotopic (exact) mass is 1810 g/mol. The molecule has 0 aliphatic heterocycles. The van der Waals surface area contributed by atoms with Crippen LogP contribution in [0.4, 0.5) is 0 Å². The molecular formula is C134H106O6. The van der Waals surface area contributed by atoms with Crippen LogP contribution in [-0.4, -0.2) is 0 Å². The van der Waals surface area contributed by atoms with Gasteiger partial charge in [-0.2, -0.15) is 0 Å². The number of aryl methyl sites for hydroxylation is 4. The summed E-state index contributed by atoms with van der Waals surface area (Å²) in [4.78, 5) is 0. The Labute approximate surface area is 812 Å². The van der Waals surface area contributed by atoms with Crippen molar-refractivity contribution in [1.82, 2.24) is 0 Å². The molecule has 140 heavy (non-hydrogen) atoms. The molecule has 27 aromatic rings. The average Bonchev–Trinajstić information content (AvgIpc) is 1.58. The smallest absolute Gasteiger partial charge is 0.136 e. The minimum atomic E-state index is 0.877. The molecule has 0 atom stereocenters. The molecule has 0 spiro atoms. The number of furan rings is 6. The van der Waals surface area contributed by atoms with Gasteiger partial charge in [0.05, 0.1) is 0 Å². The van der Waals surface area contributed by atoms with Crippen LogP contribution in [0.15, 0.2) is 403 Å². The van der Waals surface area contributed by atoms with Crippen molar-refractivity contribution in [2.75, 3.05) is 0 Å². The van der Waals surface area contributed by atoms with Crippen molar-refractivity contribution in [1.29, 1.82) is 0 Å². The van der Waals surface area contributed by atoms with Gasteiger partial charge >= 0.3 is 0 Å². The van der Waals surface area contributed by atoms with E-state index >= 15 is 0 Å². The van der Waals surface area contributed by atoms with Crippen LogP contribution in [0.5, 0.6) is 0 Å². The molecule has 21 aromatic carbocycles. The van der Waals surface area contributed by atoms with Crippen LogP contribution in [-0.2, 0) is 25.7 Å². The van der Waals surface area contributed by atoms with E-state index in [1.807, 2.05) is 0 Å². The zero-order chi connectivity index (χ0) is 93.4. The molecule has 0 radical (unpaired) electrons. The normalized spacial score (nSPS) is 12.0. The summed E-state index contributed by atoms with van der Waals surface area (Å²) in [6.07, 6.45) is 20.3. The van der Waals surface area contributed by atoms with Crippen LogP contribution in [0.1, 0.15) is 127 Å². The highest BCUT2D eigenvalue weighted by Gasteiger charge is 2.22. The van der Waals surface area contributed by atoms with E-state index in [9.17, 15) is 0 Å². The summed E-state index contributed by atoms with van der Waals surface area (Å²) in [5.41, 5.74) is 31.1. The van der Waals surface area contributed by atoms with E-state index in [4.69, 9.17) is 26.5 Å². The molecule has 6 heterocycles. The second-order valence-electron chi connectivity index (χ2n) is 38.9. The predicted molar refractivity (Wildman–Crippen MR) is 594 cm³/mol. The quantitative estimate of drug-likeness (QED) is 0.0629. The highest BCUT2D eigenvalue weighted by molar-refractivity contribution is 6.22. The molecule has 0 N–H and O–H groups in total. The van der Waals surface area contributed by atoms with Gasteiger partial charge < -0.3 is 26.5 Å². The Hall–Kier alpha value is -16.0. The van der Waals surface area contributed by atoms with E-state index in [1.165, 1.54) is 231 Å². The highest BCUT2D eigenvalue weighted by Crippen LogP contribution is 2.47. The standard InChI is InChI=1S/C54H54O2.C42H30O2.C38H22O2/c1-3-5-7-9-11-13-17-37-19-15-21-39(27-37)41-23-25-43-33-51-47(31-45(43)29-41)49-35-54-50(36-53(49)55-51)48-32-46-30-42(24-26-44(46)34-52(48)56-54)40-22-16-20-38(28-40)18-14-12-10-8-6-4-2;1-3-25-5-9-27(10-6-25)29-13-15-31-21-39-35(19-33(31)17-29)37-23-42-38(24-41(37)43-39)36-20-34-18-30(14-16-32(34)22-40(36)44-42)28-11-7-26(4-2)8-12-28;1-3-7-23(8-4-1)25-11-13-27-19-35-31(17-29(27)15-25)33-21-38-34(22-37(33)39-35)32-18-30-16-26(24-9-5-2-6-10-24)12-14-28(30)20-36(32)40-38/h15-16,19-36H,3-14,17-18H2,1-2H3;5-24H,3-4H2,1-2H3;1-22H. The third-order valence-corrected chi connectivity index (χ3v) is 29.7. The van der Waals surface area contributed by atoms with Gasteiger partial charge in [-0.15, -0.1) is 0 Å². The van der Waals surface area contributed by atoms with E-state index in [1.54, 1.807) is 0 Å². The number of unbranched alkanes of at least 4 members (excludes halogenated alkanes) is 10. The number of fused-ring (bicyclic) bond motifs is 24. The van der Waals surface area contributed by atoms with Crippen LogP contribution in [0.25, 0.3) is 263 Å². The number of benzene rings is 21. The lowest BCUT2D eigenvalue weighted by molar-refractivity contribution is 0.607. The fourth-order valence-corrected chi connectivity index (χ4v) is 21.8. The second-order valence-corrected chi connectivity index (χ2v) is 38.9. The van der Waals surface area contributed by atoms with E-state index in [0.717, 1.165) is 157 Å². The molecule has 0 aliphatic carbocycles. The third kappa shape index (κ3) is 16.4. The van der Waals surface area contributed by atoms with E-state index in [2.05, 4.69) is 404 Å². The summed E-state index contributed by atoms with van der Waals surface area (Å²) in [6, 6.07) is 137. The van der Waals surface area contributed by atoms with Gasteiger partial charge in [0.25, 0.3) is 0 Å². The van der Waals surface area contributed by atoms with Gasteiger partial charge in [-0.3, -0.25) is 0 Å². The Balaban J connectivity index is 0.000000113. The number of rotatable bonds is 22. The second kappa shape index (κ2) is 36.5. The van der Waals surface area contributed by atoms with E-state index in [-0.39, 0.29) is 0 Å². The molecule has 0 saturated heterocycles. The average molecular weight is 1810 g/mol. The fraction of sp³-hybridized carbons (Fsp3) is 0.149. The van der Waals surface area contributed by atoms with E-state index < -0.39 is 0 Å². The van der Waals surface area contributed by atoms with Gasteiger partial charge in [-0.1, -0.05) is 322 Å². The van der Waals surface area contributed by atoms with Crippen molar-refractivity contribution in [2.45, 2.75) is 130 Å². The molecule has 27 rings (SSSR count). The van der Waals surface area contributed by atoms with Crippen LogP contribution in [0.3, 0.4) is 0 Å². The topological polar surface area (TPSA) is 78.8 Å². The lowest BCUT2D eigenvalue weighted by Crippen LogP contribution is -1.88. The summed E-state index contributed by atoms with van der Waals surface area (Å²) < 4.78 is 38.9. The maximum Gasteiger partial charge on any atom is 0.136 e. The largest absolute Gasteiger partial charge is 0.456 e. The van der Waals surface area contributed by atoms with Crippen molar-refractivity contribution in [3.05, 3.63) is 398 Å². The molecule has 0 amide bonds. The summed E-state index contributed by atoms with van der Waals surface area (Å²) in [6.45, 7) is 8.94. The van der Waals surface area contributed by atoms with Crippen molar-refractivity contribution in [3.8, 4) is 66.8 Å². The molecule has 0 aliphatic rings. The van der Waals surface area contributed by atoms with Gasteiger partial charge in [0.2, 0.25) is 0 Å². The maximum atomic E-state index is 6.57. The fourth-order valence-electron chi connectivity index (χ4n) is 21.8. The SMILES string of the molecule is CCCCCCCCc1cccc(-c2ccc3cc4oc5cc6c(cc5c4cc3c2)oc2cc3ccc(-c4cccc(CCCCCCCC)c4)cc3cc26)c1.CCc1ccc(-c2ccc3cc4oc5cc6c(cc5c4cc3c2)oc2cc3ccc(-c4ccc(CC)cc4)cc3cc26)cc1.c1ccc(-c2ccc3cc4oc5cc6c(cc5c4cc3c2)oc2cc3ccc(-c4ccccc4)cc3cc26)cc1. The molecule has 0 bridgehead atoms. The molecule has 678 valence electrons. The van der Waals surface area contributed by atoms with Crippen LogP contribution in [0, 0.1) is 0 Å². The van der Waals surface area contributed by atoms with Crippen molar-refractivity contribution in [3.63, 3.8) is 0 Å². The first-order chi connectivity index (χ1) is 69.0. The molecule has 6 nitrogen and oxygen atoms in total. The highest BCUT2D eigenvalue weighted by atomic mass is 16.4. The Morgan fingerprint density at radius 2 is 0.336 bits per heavy atom. The zero-order valence-corrected chi connectivity index (χ0v) is 79.6. The first kappa shape index (κ1) is 85.6. The molecule has 0 saturated carbocycles. The predicted octanol–water partition coefficient (Wildman–Crippen LogP) is 40.3. The molecule has 0 fully saturated rings. The van der Waals surface area contributed by atoms with Crippen molar-refractivity contribution >= 4 is 196 Å². The molecule has 0 unspecified atom stereocenters. The van der Waals surface area contributed by atoms with Gasteiger partial charge in [-0.25, -0.2) is 0 Å². The number of hydrogen-bond acceptors (Lipinski definition) is 6. The lowest BCUT2D eigenvalue weighted by atomic mass is 9.96. The van der Waals surface area contributed by atoms with Gasteiger partial charge in [0.15, 0.2) is 0 Å². The van der Waals surface area contributed by atoms with Crippen LogP contribution < -0.4 is 0 Å².